The molecule has 2 aromatic rings. The van der Waals surface area contributed by atoms with Gasteiger partial charge in [0.25, 0.3) is 5.22 Å². The van der Waals surface area contributed by atoms with Crippen molar-refractivity contribution in [3.63, 3.8) is 0 Å². The predicted octanol–water partition coefficient (Wildman–Crippen LogP) is 3.93. The van der Waals surface area contributed by atoms with Gasteiger partial charge in [-0.1, -0.05) is 31.5 Å². The molecule has 28 heavy (non-hydrogen) atoms. The molecule has 0 saturated heterocycles. The molecule has 1 N–H and O–H groups in total. The maximum absolute atomic E-state index is 12.6. The second-order valence-corrected chi connectivity index (χ2v) is 8.40. The topological polar surface area (TPSA) is 86.5 Å². The Kier molecular flexibility index (Phi) is 6.83. The quantitative estimate of drug-likeness (QED) is 0.699. The molecule has 1 aliphatic carbocycles. The van der Waals surface area contributed by atoms with E-state index in [4.69, 9.17) is 13.9 Å². The van der Waals surface area contributed by atoms with Gasteiger partial charge in [0, 0.05) is 17.7 Å². The molecular formula is C20H27N3O4S. The number of methoxy groups -OCH3 is 2. The van der Waals surface area contributed by atoms with Crippen LogP contribution in [0, 0.1) is 5.92 Å². The maximum atomic E-state index is 12.6. The fraction of sp³-hybridized carbons (Fsp3) is 0.550. The normalized spacial score (nSPS) is 20.4. The molecule has 0 aliphatic heterocycles. The van der Waals surface area contributed by atoms with E-state index in [0.717, 1.165) is 6.42 Å². The van der Waals surface area contributed by atoms with Gasteiger partial charge in [-0.2, -0.15) is 0 Å². The molecule has 1 heterocycles. The number of carbonyl (C=O) groups excluding carboxylic acids is 1. The molecule has 0 bridgehead atoms. The largest absolute Gasteiger partial charge is 0.497 e. The van der Waals surface area contributed by atoms with E-state index in [1.165, 1.54) is 31.0 Å². The molecule has 3 atom stereocenters. The zero-order valence-electron chi connectivity index (χ0n) is 16.7. The summed E-state index contributed by atoms with van der Waals surface area (Å²) >= 11 is 1.26. The fourth-order valence-electron chi connectivity index (χ4n) is 3.34. The fourth-order valence-corrected chi connectivity index (χ4v) is 4.03. The van der Waals surface area contributed by atoms with Gasteiger partial charge in [0.2, 0.25) is 11.8 Å². The lowest BCUT2D eigenvalue weighted by Crippen LogP contribution is -2.44. The standard InChI is InChI=1S/C20H27N3O4S/c1-12-7-5-6-8-17(12)21-18(24)13(2)28-20-23-22-19(27-20)14-9-15(25-3)11-16(10-14)26-4/h9-13,17H,5-8H2,1-4H3,(H,21,24)/t12-,13-,17-/m1/s1. The Morgan fingerprint density at radius 2 is 1.86 bits per heavy atom. The summed E-state index contributed by atoms with van der Waals surface area (Å²) < 4.78 is 16.3. The number of amides is 1. The molecule has 7 nitrogen and oxygen atoms in total. The van der Waals surface area contributed by atoms with Crippen LogP contribution in [0.1, 0.15) is 39.5 Å². The van der Waals surface area contributed by atoms with Crippen LogP contribution >= 0.6 is 11.8 Å². The van der Waals surface area contributed by atoms with E-state index in [0.29, 0.717) is 34.1 Å². The third kappa shape index (κ3) is 4.98. The Morgan fingerprint density at radius 3 is 2.50 bits per heavy atom. The number of aromatic nitrogens is 2. The minimum absolute atomic E-state index is 0.00606. The summed E-state index contributed by atoms with van der Waals surface area (Å²) in [6, 6.07) is 5.62. The van der Waals surface area contributed by atoms with Crippen molar-refractivity contribution in [2.45, 2.75) is 56.0 Å². The highest BCUT2D eigenvalue weighted by molar-refractivity contribution is 8.00. The monoisotopic (exact) mass is 405 g/mol. The first-order chi connectivity index (χ1) is 13.5. The zero-order chi connectivity index (χ0) is 20.1. The summed E-state index contributed by atoms with van der Waals surface area (Å²) in [6.45, 7) is 4.06. The van der Waals surface area contributed by atoms with Gasteiger partial charge in [0.05, 0.1) is 19.5 Å². The van der Waals surface area contributed by atoms with Crippen molar-refractivity contribution >= 4 is 17.7 Å². The molecule has 0 radical (unpaired) electrons. The molecule has 1 aromatic carbocycles. The molecule has 1 aliphatic rings. The molecular weight excluding hydrogens is 378 g/mol. The molecule has 1 aromatic heterocycles. The highest BCUT2D eigenvalue weighted by atomic mass is 32.2. The Bertz CT molecular complexity index is 788. The van der Waals surface area contributed by atoms with Gasteiger partial charge < -0.3 is 19.2 Å². The van der Waals surface area contributed by atoms with Crippen molar-refractivity contribution in [3.8, 4) is 23.0 Å². The molecule has 1 saturated carbocycles. The second kappa shape index (κ2) is 9.32. The first-order valence-electron chi connectivity index (χ1n) is 9.54. The van der Waals surface area contributed by atoms with E-state index in [9.17, 15) is 4.79 Å². The van der Waals surface area contributed by atoms with Gasteiger partial charge in [-0.05, 0) is 37.8 Å². The lowest BCUT2D eigenvalue weighted by atomic mass is 9.86. The first-order valence-corrected chi connectivity index (χ1v) is 10.4. The number of hydrogen-bond donors (Lipinski definition) is 1. The number of carbonyl (C=O) groups is 1. The third-order valence-electron chi connectivity index (χ3n) is 5.09. The number of rotatable bonds is 7. The lowest BCUT2D eigenvalue weighted by Gasteiger charge is -2.30. The SMILES string of the molecule is COc1cc(OC)cc(-c2nnc(S[C@H](C)C(=O)N[C@@H]3CCCC[C@H]3C)o2)c1. The van der Waals surface area contributed by atoms with Crippen molar-refractivity contribution in [3.05, 3.63) is 18.2 Å². The van der Waals surface area contributed by atoms with Crippen LogP contribution in [-0.4, -0.2) is 41.6 Å². The van der Waals surface area contributed by atoms with Crippen molar-refractivity contribution in [2.75, 3.05) is 14.2 Å². The Morgan fingerprint density at radius 1 is 1.18 bits per heavy atom. The summed E-state index contributed by atoms with van der Waals surface area (Å²) in [4.78, 5) is 12.6. The van der Waals surface area contributed by atoms with E-state index in [1.807, 2.05) is 6.92 Å². The molecule has 152 valence electrons. The average molecular weight is 406 g/mol. The Hall–Kier alpha value is -2.22. The molecule has 0 spiro atoms. The van der Waals surface area contributed by atoms with Crippen LogP contribution in [0.15, 0.2) is 27.8 Å². The summed E-state index contributed by atoms with van der Waals surface area (Å²) in [7, 11) is 3.17. The Balaban J connectivity index is 1.64. The van der Waals surface area contributed by atoms with Gasteiger partial charge >= 0.3 is 0 Å². The van der Waals surface area contributed by atoms with Crippen molar-refractivity contribution in [1.29, 1.82) is 0 Å². The van der Waals surface area contributed by atoms with Crippen LogP contribution in [-0.2, 0) is 4.79 Å². The van der Waals surface area contributed by atoms with Gasteiger partial charge in [-0.3, -0.25) is 4.79 Å². The number of nitrogens with one attached hydrogen (secondary N) is 1. The number of ether oxygens (including phenoxy) is 2. The molecule has 3 rings (SSSR count). The van der Waals surface area contributed by atoms with Crippen LogP contribution in [0.2, 0.25) is 0 Å². The second-order valence-electron chi connectivity index (χ2n) is 7.11. The van der Waals surface area contributed by atoms with Crippen LogP contribution in [0.4, 0.5) is 0 Å². The highest BCUT2D eigenvalue weighted by Gasteiger charge is 2.26. The summed E-state index contributed by atoms with van der Waals surface area (Å²) in [5, 5.41) is 11.4. The molecule has 1 amide bonds. The van der Waals surface area contributed by atoms with E-state index < -0.39 is 0 Å². The smallest absolute Gasteiger partial charge is 0.277 e. The third-order valence-corrected chi connectivity index (χ3v) is 6.03. The van der Waals surface area contributed by atoms with Crippen LogP contribution in [0.5, 0.6) is 11.5 Å². The zero-order valence-corrected chi connectivity index (χ0v) is 17.5. The number of benzene rings is 1. The Labute approximate surface area is 169 Å². The van der Waals surface area contributed by atoms with Crippen molar-refractivity contribution in [2.24, 2.45) is 5.92 Å². The molecule has 0 unspecified atom stereocenters. The van der Waals surface area contributed by atoms with Crippen molar-refractivity contribution < 1.29 is 18.7 Å². The van der Waals surface area contributed by atoms with E-state index in [-0.39, 0.29) is 17.2 Å². The average Bonchev–Trinajstić information content (AvgIpc) is 3.17. The summed E-state index contributed by atoms with van der Waals surface area (Å²) in [5.41, 5.74) is 0.698. The predicted molar refractivity (Wildman–Crippen MR) is 108 cm³/mol. The highest BCUT2D eigenvalue weighted by Crippen LogP contribution is 2.31. The van der Waals surface area contributed by atoms with Gasteiger partial charge in [-0.25, -0.2) is 0 Å². The maximum Gasteiger partial charge on any atom is 0.277 e. The van der Waals surface area contributed by atoms with E-state index >= 15 is 0 Å². The van der Waals surface area contributed by atoms with Gasteiger partial charge in [-0.15, -0.1) is 10.2 Å². The van der Waals surface area contributed by atoms with E-state index in [2.05, 4.69) is 22.4 Å². The van der Waals surface area contributed by atoms with Crippen LogP contribution in [0.25, 0.3) is 11.5 Å². The minimum Gasteiger partial charge on any atom is -0.497 e. The van der Waals surface area contributed by atoms with Crippen molar-refractivity contribution in [1.82, 2.24) is 15.5 Å². The van der Waals surface area contributed by atoms with Gasteiger partial charge in [0.15, 0.2) is 0 Å². The number of thioether (sulfide) groups is 1. The number of hydrogen-bond acceptors (Lipinski definition) is 7. The molecule has 1 fully saturated rings. The lowest BCUT2D eigenvalue weighted by molar-refractivity contribution is -0.121. The van der Waals surface area contributed by atoms with Crippen LogP contribution < -0.4 is 14.8 Å². The van der Waals surface area contributed by atoms with E-state index in [1.54, 1.807) is 32.4 Å². The summed E-state index contributed by atoms with van der Waals surface area (Å²) in [6.07, 6.45) is 4.64. The van der Waals surface area contributed by atoms with Gasteiger partial charge in [0.1, 0.15) is 11.5 Å². The summed E-state index contributed by atoms with van der Waals surface area (Å²) in [5.74, 6) is 2.15. The van der Waals surface area contributed by atoms with Crippen LogP contribution in [0.3, 0.4) is 0 Å². The first kappa shape index (κ1) is 20.5. The minimum atomic E-state index is -0.317. The number of nitrogens with zero attached hydrogens (tertiary/aromatic N) is 2. The molecule has 8 heteroatoms.